The Labute approximate surface area is 159 Å². The summed E-state index contributed by atoms with van der Waals surface area (Å²) in [5, 5.41) is 0. The Morgan fingerprint density at radius 3 is 2.19 bits per heavy atom. The molecule has 7 nitrogen and oxygen atoms in total. The van der Waals surface area contributed by atoms with Crippen LogP contribution in [0.3, 0.4) is 0 Å². The van der Waals surface area contributed by atoms with Crippen LogP contribution >= 0.6 is 0 Å². The largest absolute Gasteiger partial charge is 0.490 e. The highest BCUT2D eigenvalue weighted by molar-refractivity contribution is 6.40. The van der Waals surface area contributed by atoms with Crippen molar-refractivity contribution in [1.82, 2.24) is 4.90 Å². The summed E-state index contributed by atoms with van der Waals surface area (Å²) in [4.78, 5) is 37.1. The lowest BCUT2D eigenvalue weighted by molar-refractivity contribution is -0.137. The Morgan fingerprint density at radius 2 is 1.67 bits per heavy atom. The summed E-state index contributed by atoms with van der Waals surface area (Å²) in [5.74, 6) is -0.916. The summed E-state index contributed by atoms with van der Waals surface area (Å²) in [5.41, 5.74) is -0.242. The molecule has 1 aliphatic heterocycles. The monoisotopic (exact) mass is 377 g/mol. The Hall–Kier alpha value is -2.57. The number of carbonyl (C=O) groups is 3. The molecule has 1 saturated heterocycles. The Bertz CT molecular complexity index is 669. The first-order chi connectivity index (χ1) is 12.7. The summed E-state index contributed by atoms with van der Waals surface area (Å²) in [7, 11) is 0. The van der Waals surface area contributed by atoms with Gasteiger partial charge in [-0.3, -0.25) is 4.79 Å². The van der Waals surface area contributed by atoms with Gasteiger partial charge in [0, 0.05) is 31.5 Å². The fraction of sp³-hybridized carbons (Fsp3) is 0.550. The van der Waals surface area contributed by atoms with E-state index >= 15 is 0 Å². The van der Waals surface area contributed by atoms with Gasteiger partial charge in [-0.2, -0.15) is 0 Å². The zero-order valence-corrected chi connectivity index (χ0v) is 16.3. The fourth-order valence-electron chi connectivity index (χ4n) is 2.67. The van der Waals surface area contributed by atoms with Crippen molar-refractivity contribution in [2.45, 2.75) is 52.2 Å². The minimum atomic E-state index is -0.860. The van der Waals surface area contributed by atoms with Crippen molar-refractivity contribution < 1.29 is 28.6 Å². The van der Waals surface area contributed by atoms with Crippen molar-refractivity contribution in [3.8, 4) is 5.75 Å². The lowest BCUT2D eigenvalue weighted by atomic mass is 10.1. The first-order valence-corrected chi connectivity index (χ1v) is 9.15. The SMILES string of the molecule is CCOC(=O)C(=O)c1ccc(OC2CCN(C(=O)OC(C)(C)C)CC2)cc1. The van der Waals surface area contributed by atoms with Crippen molar-refractivity contribution in [1.29, 1.82) is 0 Å². The summed E-state index contributed by atoms with van der Waals surface area (Å²) in [6, 6.07) is 6.41. The summed E-state index contributed by atoms with van der Waals surface area (Å²) >= 11 is 0. The van der Waals surface area contributed by atoms with Crippen LogP contribution in [0.5, 0.6) is 5.75 Å². The number of benzene rings is 1. The van der Waals surface area contributed by atoms with Gasteiger partial charge >= 0.3 is 12.1 Å². The van der Waals surface area contributed by atoms with Gasteiger partial charge in [-0.25, -0.2) is 9.59 Å². The molecule has 1 heterocycles. The van der Waals surface area contributed by atoms with Crippen LogP contribution < -0.4 is 4.74 Å². The first-order valence-electron chi connectivity index (χ1n) is 9.15. The molecule has 1 fully saturated rings. The number of hydrogen-bond acceptors (Lipinski definition) is 6. The summed E-state index contributed by atoms with van der Waals surface area (Å²) in [6.45, 7) is 8.48. The quantitative estimate of drug-likeness (QED) is 0.445. The second kappa shape index (κ2) is 8.88. The zero-order chi connectivity index (χ0) is 20.0. The van der Waals surface area contributed by atoms with Gasteiger partial charge in [0.2, 0.25) is 0 Å². The van der Waals surface area contributed by atoms with E-state index in [9.17, 15) is 14.4 Å². The molecule has 0 bridgehead atoms. The maximum Gasteiger partial charge on any atom is 0.410 e. The second-order valence-electron chi connectivity index (χ2n) is 7.36. The molecule has 1 aromatic carbocycles. The van der Waals surface area contributed by atoms with Crippen molar-refractivity contribution in [2.24, 2.45) is 0 Å². The summed E-state index contributed by atoms with van der Waals surface area (Å²) in [6.07, 6.45) is 1.07. The van der Waals surface area contributed by atoms with Crippen LogP contribution in [0.15, 0.2) is 24.3 Å². The highest BCUT2D eigenvalue weighted by Gasteiger charge is 2.27. The Morgan fingerprint density at radius 1 is 1.07 bits per heavy atom. The molecule has 1 aliphatic rings. The van der Waals surface area contributed by atoms with Gasteiger partial charge in [0.1, 0.15) is 17.5 Å². The van der Waals surface area contributed by atoms with E-state index in [-0.39, 0.29) is 24.4 Å². The Balaban J connectivity index is 1.84. The van der Waals surface area contributed by atoms with E-state index in [0.29, 0.717) is 31.7 Å². The number of ketones is 1. The van der Waals surface area contributed by atoms with Crippen LogP contribution in [0.2, 0.25) is 0 Å². The number of amides is 1. The number of piperidine rings is 1. The predicted molar refractivity (Wildman–Crippen MR) is 98.9 cm³/mol. The number of nitrogens with zero attached hydrogens (tertiary/aromatic N) is 1. The van der Waals surface area contributed by atoms with Crippen LogP contribution in [-0.4, -0.2) is 54.1 Å². The second-order valence-corrected chi connectivity index (χ2v) is 7.36. The van der Waals surface area contributed by atoms with Crippen LogP contribution in [-0.2, 0) is 14.3 Å². The molecule has 0 unspecified atom stereocenters. The molecule has 0 spiro atoms. The molecule has 0 radical (unpaired) electrons. The molecule has 7 heteroatoms. The van der Waals surface area contributed by atoms with E-state index < -0.39 is 17.4 Å². The predicted octanol–water partition coefficient (Wildman–Crippen LogP) is 3.21. The van der Waals surface area contributed by atoms with Crippen molar-refractivity contribution in [3.63, 3.8) is 0 Å². The van der Waals surface area contributed by atoms with Gasteiger partial charge in [0.25, 0.3) is 5.78 Å². The third kappa shape index (κ3) is 6.27. The van der Waals surface area contributed by atoms with Gasteiger partial charge in [-0.05, 0) is 52.0 Å². The number of Topliss-reactive ketones (excluding diaryl/α,β-unsaturated/α-hetero) is 1. The molecule has 0 N–H and O–H groups in total. The molecule has 0 aromatic heterocycles. The number of likely N-dealkylation sites (tertiary alicyclic amines) is 1. The average Bonchev–Trinajstić information content (AvgIpc) is 2.61. The Kier molecular flexibility index (Phi) is 6.82. The molecular formula is C20H27NO6. The minimum Gasteiger partial charge on any atom is -0.490 e. The standard InChI is InChI=1S/C20H27NO6/c1-5-25-18(23)17(22)14-6-8-15(9-7-14)26-16-10-12-21(13-11-16)19(24)27-20(2,3)4/h6-9,16H,5,10-13H2,1-4H3. The van der Waals surface area contributed by atoms with E-state index in [1.807, 2.05) is 20.8 Å². The highest BCUT2D eigenvalue weighted by Crippen LogP contribution is 2.21. The van der Waals surface area contributed by atoms with E-state index in [1.165, 1.54) is 0 Å². The van der Waals surface area contributed by atoms with Gasteiger partial charge in [0.05, 0.1) is 6.61 Å². The third-order valence-electron chi connectivity index (χ3n) is 3.97. The maximum atomic E-state index is 12.1. The normalized spacial score (nSPS) is 15.2. The van der Waals surface area contributed by atoms with Gasteiger partial charge in [-0.1, -0.05) is 0 Å². The van der Waals surface area contributed by atoms with Crippen LogP contribution in [0, 0.1) is 0 Å². The van der Waals surface area contributed by atoms with E-state index in [1.54, 1.807) is 36.1 Å². The minimum absolute atomic E-state index is 0.0182. The molecule has 0 saturated carbocycles. The molecule has 2 rings (SSSR count). The smallest absolute Gasteiger partial charge is 0.410 e. The van der Waals surface area contributed by atoms with Gasteiger partial charge in [-0.15, -0.1) is 0 Å². The van der Waals surface area contributed by atoms with E-state index in [0.717, 1.165) is 0 Å². The molecule has 0 aliphatic carbocycles. The maximum absolute atomic E-state index is 12.1. The molecule has 1 aromatic rings. The van der Waals surface area contributed by atoms with Crippen LogP contribution in [0.25, 0.3) is 0 Å². The van der Waals surface area contributed by atoms with Gasteiger partial charge < -0.3 is 19.1 Å². The van der Waals surface area contributed by atoms with Crippen molar-refractivity contribution >= 4 is 17.8 Å². The first kappa shape index (κ1) is 20.7. The number of esters is 1. The number of carbonyl (C=O) groups excluding carboxylic acids is 3. The molecule has 1 amide bonds. The van der Waals surface area contributed by atoms with E-state index in [4.69, 9.17) is 14.2 Å². The van der Waals surface area contributed by atoms with Crippen LogP contribution in [0.1, 0.15) is 50.9 Å². The molecular weight excluding hydrogens is 350 g/mol. The lowest BCUT2D eigenvalue weighted by Gasteiger charge is -2.33. The van der Waals surface area contributed by atoms with Crippen LogP contribution in [0.4, 0.5) is 4.79 Å². The number of hydrogen-bond donors (Lipinski definition) is 0. The number of ether oxygens (including phenoxy) is 3. The molecule has 0 atom stereocenters. The summed E-state index contributed by atoms with van der Waals surface area (Å²) < 4.78 is 16.0. The fourth-order valence-corrected chi connectivity index (χ4v) is 2.67. The van der Waals surface area contributed by atoms with Crippen molar-refractivity contribution in [2.75, 3.05) is 19.7 Å². The van der Waals surface area contributed by atoms with Crippen molar-refractivity contribution in [3.05, 3.63) is 29.8 Å². The van der Waals surface area contributed by atoms with E-state index in [2.05, 4.69) is 0 Å². The average molecular weight is 377 g/mol. The third-order valence-corrected chi connectivity index (χ3v) is 3.97. The zero-order valence-electron chi connectivity index (χ0n) is 16.3. The van der Waals surface area contributed by atoms with Gasteiger partial charge in [0.15, 0.2) is 0 Å². The molecule has 148 valence electrons. The molecule has 27 heavy (non-hydrogen) atoms. The number of rotatable bonds is 5. The topological polar surface area (TPSA) is 82.1 Å². The highest BCUT2D eigenvalue weighted by atomic mass is 16.6. The lowest BCUT2D eigenvalue weighted by Crippen LogP contribution is -2.44.